The van der Waals surface area contributed by atoms with Crippen molar-refractivity contribution in [2.24, 2.45) is 0 Å². The van der Waals surface area contributed by atoms with Crippen molar-refractivity contribution >= 4 is 0 Å². The lowest BCUT2D eigenvalue weighted by Crippen LogP contribution is -2.33. The Balaban J connectivity index is 1.88. The molecular formula is C12H21N3O2. The van der Waals surface area contributed by atoms with E-state index < -0.39 is 0 Å². The number of nitrogens with one attached hydrogen (secondary N) is 1. The molecule has 1 N–H and O–H groups in total. The molecule has 1 saturated heterocycles. The SMILES string of the molecule is CC(C)NCc1cncn1CC1COCCO1. The van der Waals surface area contributed by atoms with E-state index in [1.807, 2.05) is 12.5 Å². The molecule has 0 aromatic carbocycles. The summed E-state index contributed by atoms with van der Waals surface area (Å²) in [5, 5.41) is 3.39. The van der Waals surface area contributed by atoms with Gasteiger partial charge in [-0.15, -0.1) is 0 Å². The zero-order chi connectivity index (χ0) is 12.1. The van der Waals surface area contributed by atoms with Gasteiger partial charge in [0.25, 0.3) is 0 Å². The van der Waals surface area contributed by atoms with Gasteiger partial charge in [0.15, 0.2) is 0 Å². The summed E-state index contributed by atoms with van der Waals surface area (Å²) in [4.78, 5) is 4.19. The molecule has 1 aromatic rings. The highest BCUT2D eigenvalue weighted by atomic mass is 16.6. The number of nitrogens with zero attached hydrogens (tertiary/aromatic N) is 2. The fourth-order valence-electron chi connectivity index (χ4n) is 1.83. The average molecular weight is 239 g/mol. The number of aromatic nitrogens is 2. The summed E-state index contributed by atoms with van der Waals surface area (Å²) in [6.45, 7) is 8.01. The Labute approximate surface area is 102 Å². The summed E-state index contributed by atoms with van der Waals surface area (Å²) in [6, 6.07) is 0.479. The third kappa shape index (κ3) is 3.80. The van der Waals surface area contributed by atoms with Crippen LogP contribution in [0.2, 0.25) is 0 Å². The largest absolute Gasteiger partial charge is 0.376 e. The molecule has 5 heteroatoms. The second kappa shape index (κ2) is 6.14. The molecule has 0 spiro atoms. The molecular weight excluding hydrogens is 218 g/mol. The quantitative estimate of drug-likeness (QED) is 0.825. The Kier molecular flexibility index (Phi) is 4.53. The highest BCUT2D eigenvalue weighted by Gasteiger charge is 2.16. The van der Waals surface area contributed by atoms with E-state index in [-0.39, 0.29) is 6.10 Å². The van der Waals surface area contributed by atoms with Gasteiger partial charge in [0, 0.05) is 18.8 Å². The van der Waals surface area contributed by atoms with E-state index >= 15 is 0 Å². The van der Waals surface area contributed by atoms with Crippen molar-refractivity contribution in [2.45, 2.75) is 39.1 Å². The van der Waals surface area contributed by atoms with Crippen LogP contribution in [-0.4, -0.2) is 41.5 Å². The van der Waals surface area contributed by atoms with Crippen LogP contribution in [0, 0.1) is 0 Å². The second-order valence-electron chi connectivity index (χ2n) is 4.64. The van der Waals surface area contributed by atoms with Crippen molar-refractivity contribution in [2.75, 3.05) is 19.8 Å². The summed E-state index contributed by atoms with van der Waals surface area (Å²) < 4.78 is 13.2. The van der Waals surface area contributed by atoms with Crippen LogP contribution in [0.4, 0.5) is 0 Å². The fourth-order valence-corrected chi connectivity index (χ4v) is 1.83. The molecule has 5 nitrogen and oxygen atoms in total. The molecule has 0 amide bonds. The molecule has 1 atom stereocenters. The van der Waals surface area contributed by atoms with Crippen molar-refractivity contribution < 1.29 is 9.47 Å². The Morgan fingerprint density at radius 2 is 2.41 bits per heavy atom. The molecule has 1 aliphatic heterocycles. The number of hydrogen-bond acceptors (Lipinski definition) is 4. The maximum atomic E-state index is 5.64. The first-order valence-corrected chi connectivity index (χ1v) is 6.17. The van der Waals surface area contributed by atoms with Crippen LogP contribution in [0.3, 0.4) is 0 Å². The van der Waals surface area contributed by atoms with Crippen LogP contribution in [0.25, 0.3) is 0 Å². The third-order valence-electron chi connectivity index (χ3n) is 2.78. The average Bonchev–Trinajstić information content (AvgIpc) is 2.75. The summed E-state index contributed by atoms with van der Waals surface area (Å²) in [6.07, 6.45) is 3.91. The Bertz CT molecular complexity index is 332. The van der Waals surface area contributed by atoms with Crippen LogP contribution in [-0.2, 0) is 22.6 Å². The van der Waals surface area contributed by atoms with E-state index in [4.69, 9.17) is 9.47 Å². The summed E-state index contributed by atoms with van der Waals surface area (Å²) >= 11 is 0. The number of imidazole rings is 1. The first-order chi connectivity index (χ1) is 8.25. The highest BCUT2D eigenvalue weighted by Crippen LogP contribution is 2.07. The van der Waals surface area contributed by atoms with E-state index in [0.29, 0.717) is 25.9 Å². The Hall–Kier alpha value is -0.910. The van der Waals surface area contributed by atoms with E-state index in [0.717, 1.165) is 13.1 Å². The van der Waals surface area contributed by atoms with Crippen LogP contribution in [0.15, 0.2) is 12.5 Å². The van der Waals surface area contributed by atoms with Gasteiger partial charge in [0.2, 0.25) is 0 Å². The smallest absolute Gasteiger partial charge is 0.0988 e. The lowest BCUT2D eigenvalue weighted by Gasteiger charge is -2.24. The number of rotatable bonds is 5. The highest BCUT2D eigenvalue weighted by molar-refractivity contribution is 4.98. The van der Waals surface area contributed by atoms with Gasteiger partial charge < -0.3 is 19.4 Å². The van der Waals surface area contributed by atoms with Crippen molar-refractivity contribution in [3.05, 3.63) is 18.2 Å². The zero-order valence-corrected chi connectivity index (χ0v) is 10.6. The Morgan fingerprint density at radius 1 is 1.53 bits per heavy atom. The summed E-state index contributed by atoms with van der Waals surface area (Å²) in [5.74, 6) is 0. The zero-order valence-electron chi connectivity index (χ0n) is 10.6. The predicted molar refractivity (Wildman–Crippen MR) is 64.8 cm³/mol. The van der Waals surface area contributed by atoms with Gasteiger partial charge in [-0.25, -0.2) is 4.98 Å². The molecule has 96 valence electrons. The molecule has 0 saturated carbocycles. The predicted octanol–water partition coefficient (Wildman–Crippen LogP) is 0.796. The number of ether oxygens (including phenoxy) is 2. The molecule has 1 aromatic heterocycles. The molecule has 0 radical (unpaired) electrons. The molecule has 2 heterocycles. The van der Waals surface area contributed by atoms with Gasteiger partial charge in [-0.2, -0.15) is 0 Å². The Morgan fingerprint density at radius 3 is 3.12 bits per heavy atom. The summed E-state index contributed by atoms with van der Waals surface area (Å²) in [5.41, 5.74) is 1.19. The minimum atomic E-state index is 0.149. The van der Waals surface area contributed by atoms with Crippen molar-refractivity contribution in [1.82, 2.24) is 14.9 Å². The summed E-state index contributed by atoms with van der Waals surface area (Å²) in [7, 11) is 0. The van der Waals surface area contributed by atoms with Crippen LogP contribution < -0.4 is 5.32 Å². The van der Waals surface area contributed by atoms with Gasteiger partial charge in [-0.1, -0.05) is 13.8 Å². The molecule has 0 bridgehead atoms. The maximum Gasteiger partial charge on any atom is 0.0988 e. The molecule has 1 aliphatic rings. The van der Waals surface area contributed by atoms with Crippen molar-refractivity contribution in [1.29, 1.82) is 0 Å². The minimum absolute atomic E-state index is 0.149. The van der Waals surface area contributed by atoms with Gasteiger partial charge in [0.1, 0.15) is 0 Å². The van der Waals surface area contributed by atoms with Crippen LogP contribution >= 0.6 is 0 Å². The third-order valence-corrected chi connectivity index (χ3v) is 2.78. The van der Waals surface area contributed by atoms with Gasteiger partial charge in [0.05, 0.1) is 44.5 Å². The minimum Gasteiger partial charge on any atom is -0.376 e. The lowest BCUT2D eigenvalue weighted by atomic mass is 10.3. The van der Waals surface area contributed by atoms with E-state index in [2.05, 4.69) is 28.7 Å². The topological polar surface area (TPSA) is 48.3 Å². The maximum absolute atomic E-state index is 5.64. The van der Waals surface area contributed by atoms with Crippen LogP contribution in [0.5, 0.6) is 0 Å². The van der Waals surface area contributed by atoms with Gasteiger partial charge in [-0.05, 0) is 0 Å². The number of hydrogen-bond donors (Lipinski definition) is 1. The standard InChI is InChI=1S/C12H21N3O2/c1-10(2)14-6-11-5-13-9-15(11)7-12-8-16-3-4-17-12/h5,9-10,12,14H,3-4,6-8H2,1-2H3. The van der Waals surface area contributed by atoms with E-state index in [1.54, 1.807) is 0 Å². The van der Waals surface area contributed by atoms with Gasteiger partial charge in [-0.3, -0.25) is 0 Å². The first kappa shape index (κ1) is 12.5. The first-order valence-electron chi connectivity index (χ1n) is 6.17. The molecule has 0 aliphatic carbocycles. The van der Waals surface area contributed by atoms with E-state index in [9.17, 15) is 0 Å². The van der Waals surface area contributed by atoms with Gasteiger partial charge >= 0.3 is 0 Å². The lowest BCUT2D eigenvalue weighted by molar-refractivity contribution is -0.0938. The molecule has 2 rings (SSSR count). The normalized spacial score (nSPS) is 21.0. The molecule has 1 unspecified atom stereocenters. The fraction of sp³-hybridized carbons (Fsp3) is 0.750. The van der Waals surface area contributed by atoms with Crippen molar-refractivity contribution in [3.8, 4) is 0 Å². The second-order valence-corrected chi connectivity index (χ2v) is 4.64. The van der Waals surface area contributed by atoms with Crippen LogP contribution in [0.1, 0.15) is 19.5 Å². The van der Waals surface area contributed by atoms with E-state index in [1.165, 1.54) is 5.69 Å². The monoisotopic (exact) mass is 239 g/mol. The molecule has 17 heavy (non-hydrogen) atoms. The molecule has 1 fully saturated rings. The van der Waals surface area contributed by atoms with Crippen molar-refractivity contribution in [3.63, 3.8) is 0 Å².